The lowest BCUT2D eigenvalue weighted by Crippen LogP contribution is -2.17. The highest BCUT2D eigenvalue weighted by Gasteiger charge is 2.00. The second-order valence-corrected chi connectivity index (χ2v) is 2.48. The molecule has 1 rings (SSSR count). The Bertz CT molecular complexity index is 279. The van der Waals surface area contributed by atoms with E-state index in [-0.39, 0.29) is 11.6 Å². The molecule has 60 valence electrons. The van der Waals surface area contributed by atoms with Crippen molar-refractivity contribution < 1.29 is 0 Å². The molecule has 1 atom stereocenters. The molecule has 1 aromatic rings. The van der Waals surface area contributed by atoms with E-state index in [2.05, 4.69) is 10.3 Å². The fourth-order valence-corrected chi connectivity index (χ4v) is 0.873. The highest BCUT2D eigenvalue weighted by Crippen LogP contribution is 2.03. The van der Waals surface area contributed by atoms with Crippen LogP contribution in [0.5, 0.6) is 0 Å². The first kappa shape index (κ1) is 8.01. The number of rotatable bonds is 2. The van der Waals surface area contributed by atoms with E-state index < -0.39 is 0 Å². The number of pyridine rings is 1. The molecular formula is C8H12N2O. The van der Waals surface area contributed by atoms with Crippen LogP contribution in [0.4, 0.5) is 0 Å². The molecule has 0 saturated carbocycles. The van der Waals surface area contributed by atoms with Crippen LogP contribution >= 0.6 is 0 Å². The van der Waals surface area contributed by atoms with Gasteiger partial charge in [0.2, 0.25) is 5.56 Å². The van der Waals surface area contributed by atoms with E-state index in [0.29, 0.717) is 0 Å². The van der Waals surface area contributed by atoms with Crippen LogP contribution in [-0.2, 0) is 0 Å². The summed E-state index contributed by atoms with van der Waals surface area (Å²) in [4.78, 5) is 13.6. The van der Waals surface area contributed by atoms with Crippen LogP contribution in [-0.4, -0.2) is 12.0 Å². The third-order valence-electron chi connectivity index (χ3n) is 1.69. The Morgan fingerprint density at radius 1 is 1.55 bits per heavy atom. The molecule has 0 aliphatic carbocycles. The summed E-state index contributed by atoms with van der Waals surface area (Å²) in [5.74, 6) is 0. The Kier molecular flexibility index (Phi) is 2.44. The quantitative estimate of drug-likeness (QED) is 0.653. The minimum atomic E-state index is -0.0513. The zero-order valence-corrected chi connectivity index (χ0v) is 6.72. The molecule has 0 amide bonds. The number of aromatic amines is 1. The van der Waals surface area contributed by atoms with E-state index in [1.54, 1.807) is 6.07 Å². The molecule has 11 heavy (non-hydrogen) atoms. The topological polar surface area (TPSA) is 44.9 Å². The highest BCUT2D eigenvalue weighted by molar-refractivity contribution is 5.07. The first-order valence-electron chi connectivity index (χ1n) is 3.60. The number of hydrogen-bond acceptors (Lipinski definition) is 2. The van der Waals surface area contributed by atoms with Crippen molar-refractivity contribution in [1.82, 2.24) is 10.3 Å². The molecule has 0 spiro atoms. The molecule has 0 fully saturated rings. The van der Waals surface area contributed by atoms with Crippen molar-refractivity contribution in [3.05, 3.63) is 34.2 Å². The zero-order chi connectivity index (χ0) is 8.27. The molecule has 3 heteroatoms. The summed E-state index contributed by atoms with van der Waals surface area (Å²) in [5.41, 5.74) is 0.865. The molecule has 1 unspecified atom stereocenters. The van der Waals surface area contributed by atoms with Crippen LogP contribution in [0.2, 0.25) is 0 Å². The largest absolute Gasteiger partial charge is 0.325 e. The molecule has 1 heterocycles. The van der Waals surface area contributed by atoms with Gasteiger partial charge < -0.3 is 10.3 Å². The van der Waals surface area contributed by atoms with Crippen molar-refractivity contribution in [3.8, 4) is 0 Å². The van der Waals surface area contributed by atoms with Gasteiger partial charge in [-0.2, -0.15) is 0 Å². The standard InChI is InChI=1S/C8H12N2O/c1-6(9-2)7-4-3-5-8(11)10-7/h3-6,9H,1-2H3,(H,10,11). The Labute approximate surface area is 65.5 Å². The minimum absolute atomic E-state index is 0.0513. The van der Waals surface area contributed by atoms with Crippen LogP contribution in [0.25, 0.3) is 0 Å². The van der Waals surface area contributed by atoms with E-state index >= 15 is 0 Å². The zero-order valence-electron chi connectivity index (χ0n) is 6.72. The van der Waals surface area contributed by atoms with Crippen molar-refractivity contribution in [1.29, 1.82) is 0 Å². The molecule has 0 aliphatic rings. The fraction of sp³-hybridized carbons (Fsp3) is 0.375. The van der Waals surface area contributed by atoms with Crippen molar-refractivity contribution >= 4 is 0 Å². The van der Waals surface area contributed by atoms with Gasteiger partial charge in [0.25, 0.3) is 0 Å². The lowest BCUT2D eigenvalue weighted by Gasteiger charge is -2.08. The van der Waals surface area contributed by atoms with Gasteiger partial charge in [0.15, 0.2) is 0 Å². The molecule has 0 saturated heterocycles. The third-order valence-corrected chi connectivity index (χ3v) is 1.69. The van der Waals surface area contributed by atoms with Gasteiger partial charge in [0.05, 0.1) is 0 Å². The van der Waals surface area contributed by atoms with Crippen molar-refractivity contribution in [2.24, 2.45) is 0 Å². The van der Waals surface area contributed by atoms with Gasteiger partial charge in [0.1, 0.15) is 0 Å². The predicted molar refractivity (Wildman–Crippen MR) is 44.5 cm³/mol. The summed E-state index contributed by atoms with van der Waals surface area (Å²) in [6, 6.07) is 5.35. The monoisotopic (exact) mass is 152 g/mol. The van der Waals surface area contributed by atoms with Gasteiger partial charge in [-0.1, -0.05) is 6.07 Å². The maximum Gasteiger partial charge on any atom is 0.248 e. The summed E-state index contributed by atoms with van der Waals surface area (Å²) in [7, 11) is 1.86. The Morgan fingerprint density at radius 3 is 2.82 bits per heavy atom. The Balaban J connectivity index is 2.96. The maximum atomic E-state index is 10.8. The van der Waals surface area contributed by atoms with Gasteiger partial charge in [-0.05, 0) is 20.0 Å². The maximum absolute atomic E-state index is 10.8. The second-order valence-electron chi connectivity index (χ2n) is 2.48. The lowest BCUT2D eigenvalue weighted by molar-refractivity contribution is 0.631. The molecule has 0 bridgehead atoms. The van der Waals surface area contributed by atoms with Gasteiger partial charge >= 0.3 is 0 Å². The van der Waals surface area contributed by atoms with Gasteiger partial charge in [-0.15, -0.1) is 0 Å². The van der Waals surface area contributed by atoms with E-state index in [9.17, 15) is 4.79 Å². The normalized spacial score (nSPS) is 12.9. The van der Waals surface area contributed by atoms with E-state index in [1.807, 2.05) is 20.0 Å². The summed E-state index contributed by atoms with van der Waals surface area (Å²) in [6.45, 7) is 1.99. The second kappa shape index (κ2) is 3.34. The summed E-state index contributed by atoms with van der Waals surface area (Å²) < 4.78 is 0. The number of H-pyrrole nitrogens is 1. The van der Waals surface area contributed by atoms with Crippen molar-refractivity contribution in [2.75, 3.05) is 7.05 Å². The molecule has 3 nitrogen and oxygen atoms in total. The van der Waals surface area contributed by atoms with Crippen LogP contribution in [0.1, 0.15) is 18.7 Å². The molecule has 0 aliphatic heterocycles. The van der Waals surface area contributed by atoms with Crippen molar-refractivity contribution in [2.45, 2.75) is 13.0 Å². The summed E-state index contributed by atoms with van der Waals surface area (Å²) in [5, 5.41) is 3.04. The van der Waals surface area contributed by atoms with E-state index in [1.165, 1.54) is 6.07 Å². The fourth-order valence-electron chi connectivity index (χ4n) is 0.873. The average molecular weight is 152 g/mol. The molecule has 1 aromatic heterocycles. The number of aromatic nitrogens is 1. The van der Waals surface area contributed by atoms with Crippen LogP contribution in [0.15, 0.2) is 23.0 Å². The molecular weight excluding hydrogens is 140 g/mol. The van der Waals surface area contributed by atoms with Crippen LogP contribution < -0.4 is 10.9 Å². The first-order valence-corrected chi connectivity index (χ1v) is 3.60. The van der Waals surface area contributed by atoms with Crippen molar-refractivity contribution in [3.63, 3.8) is 0 Å². The van der Waals surface area contributed by atoms with E-state index in [0.717, 1.165) is 5.69 Å². The SMILES string of the molecule is CNC(C)c1cccc(=O)[nH]1. The van der Waals surface area contributed by atoms with E-state index in [4.69, 9.17) is 0 Å². The summed E-state index contributed by atoms with van der Waals surface area (Å²) >= 11 is 0. The van der Waals surface area contributed by atoms with Gasteiger partial charge in [0, 0.05) is 17.8 Å². The minimum Gasteiger partial charge on any atom is -0.325 e. The van der Waals surface area contributed by atoms with Gasteiger partial charge in [-0.25, -0.2) is 0 Å². The molecule has 0 radical (unpaired) electrons. The first-order chi connectivity index (χ1) is 5.24. The molecule has 0 aromatic carbocycles. The van der Waals surface area contributed by atoms with Crippen LogP contribution in [0, 0.1) is 0 Å². The third kappa shape index (κ3) is 1.91. The van der Waals surface area contributed by atoms with Gasteiger partial charge in [-0.3, -0.25) is 4.79 Å². The Morgan fingerprint density at radius 2 is 2.27 bits per heavy atom. The number of hydrogen-bond donors (Lipinski definition) is 2. The number of nitrogens with one attached hydrogen (secondary N) is 2. The average Bonchev–Trinajstić information content (AvgIpc) is 2.03. The lowest BCUT2D eigenvalue weighted by atomic mass is 10.2. The predicted octanol–water partition coefficient (Wildman–Crippen LogP) is 0.655. The summed E-state index contributed by atoms with van der Waals surface area (Å²) in [6.07, 6.45) is 0. The molecule has 2 N–H and O–H groups in total. The highest BCUT2D eigenvalue weighted by atomic mass is 16.1. The smallest absolute Gasteiger partial charge is 0.248 e. The Hall–Kier alpha value is -1.09. The van der Waals surface area contributed by atoms with Crippen LogP contribution in [0.3, 0.4) is 0 Å².